The molecule has 1 aromatic carbocycles. The molecule has 0 fully saturated rings. The van der Waals surface area contributed by atoms with Crippen molar-refractivity contribution in [3.8, 4) is 0 Å². The highest BCUT2D eigenvalue weighted by Gasteiger charge is 2.46. The predicted octanol–water partition coefficient (Wildman–Crippen LogP) is 4.01. The van der Waals surface area contributed by atoms with Gasteiger partial charge in [0.15, 0.2) is 5.41 Å². The van der Waals surface area contributed by atoms with Gasteiger partial charge in [-0.25, -0.2) is 0 Å². The lowest BCUT2D eigenvalue weighted by Crippen LogP contribution is -2.41. The van der Waals surface area contributed by atoms with Crippen LogP contribution in [0.4, 0.5) is 0 Å². The lowest BCUT2D eigenvalue weighted by atomic mass is 9.80. The molecule has 0 atom stereocenters. The van der Waals surface area contributed by atoms with Crippen LogP contribution in [-0.4, -0.2) is 34.2 Å². The zero-order valence-corrected chi connectivity index (χ0v) is 17.7. The van der Waals surface area contributed by atoms with Crippen molar-refractivity contribution in [3.63, 3.8) is 0 Å². The van der Waals surface area contributed by atoms with Gasteiger partial charge in [0.2, 0.25) is 0 Å². The molecule has 0 N–H and O–H groups in total. The van der Waals surface area contributed by atoms with Gasteiger partial charge >= 0.3 is 11.9 Å². The number of methoxy groups -OCH3 is 2. The number of hydrogen-bond acceptors (Lipinski definition) is 4. The Kier molecular flexibility index (Phi) is 8.95. The van der Waals surface area contributed by atoms with Crippen LogP contribution in [0, 0.1) is 5.41 Å². The molecule has 0 aliphatic carbocycles. The molecule has 0 saturated carbocycles. The third-order valence-electron chi connectivity index (χ3n) is 4.71. The Morgan fingerprint density at radius 1 is 1.00 bits per heavy atom. The van der Waals surface area contributed by atoms with Gasteiger partial charge in [-0.2, -0.15) is 0 Å². The summed E-state index contributed by atoms with van der Waals surface area (Å²) in [6, 6.07) is 11.4. The van der Waals surface area contributed by atoms with E-state index in [2.05, 4.69) is 50.0 Å². The molecule has 0 spiro atoms. The van der Waals surface area contributed by atoms with Crippen molar-refractivity contribution < 1.29 is 19.1 Å². The second kappa shape index (κ2) is 10.7. The van der Waals surface area contributed by atoms with Gasteiger partial charge < -0.3 is 9.47 Å². The van der Waals surface area contributed by atoms with E-state index in [0.717, 1.165) is 6.04 Å². The summed E-state index contributed by atoms with van der Waals surface area (Å²) in [5, 5.41) is 1.37. The number of allylic oxidation sites excluding steroid dienone is 5. The molecule has 0 radical (unpaired) electrons. The average Bonchev–Trinajstić information content (AvgIpc) is 2.69. The third kappa shape index (κ3) is 6.07. The van der Waals surface area contributed by atoms with Gasteiger partial charge in [-0.1, -0.05) is 85.6 Å². The minimum Gasteiger partial charge on any atom is -0.468 e. The fourth-order valence-corrected chi connectivity index (χ4v) is 5.01. The summed E-state index contributed by atoms with van der Waals surface area (Å²) in [6.45, 7) is 8.21. The van der Waals surface area contributed by atoms with E-state index in [1.54, 1.807) is 18.2 Å². The average molecular weight is 387 g/mol. The molecule has 0 unspecified atom stereocenters. The molecule has 0 aromatic heterocycles. The van der Waals surface area contributed by atoms with E-state index in [0.29, 0.717) is 0 Å². The Bertz CT molecular complexity index is 674. The second-order valence-electron chi connectivity index (χ2n) is 7.06. The van der Waals surface area contributed by atoms with Crippen LogP contribution in [0.5, 0.6) is 0 Å². The van der Waals surface area contributed by atoms with Gasteiger partial charge in [0, 0.05) is 0 Å². The van der Waals surface area contributed by atoms with Crippen molar-refractivity contribution in [1.82, 2.24) is 0 Å². The first-order chi connectivity index (χ1) is 12.8. The summed E-state index contributed by atoms with van der Waals surface area (Å²) in [5.41, 5.74) is -1.38. The topological polar surface area (TPSA) is 52.6 Å². The summed E-state index contributed by atoms with van der Waals surface area (Å²) >= 11 is 0. The van der Waals surface area contributed by atoms with Crippen molar-refractivity contribution in [2.24, 2.45) is 5.41 Å². The Labute approximate surface area is 163 Å². The van der Waals surface area contributed by atoms with E-state index in [4.69, 9.17) is 9.47 Å². The molecule has 0 aliphatic rings. The lowest BCUT2D eigenvalue weighted by Gasteiger charge is -2.26. The maximum Gasteiger partial charge on any atom is 0.323 e. The van der Waals surface area contributed by atoms with Crippen LogP contribution in [0.25, 0.3) is 0 Å². The fourth-order valence-electron chi connectivity index (χ4n) is 2.93. The zero-order chi connectivity index (χ0) is 20.3. The smallest absolute Gasteiger partial charge is 0.323 e. The van der Waals surface area contributed by atoms with Crippen LogP contribution in [0.15, 0.2) is 67.3 Å². The van der Waals surface area contributed by atoms with Crippen LogP contribution in [0.3, 0.4) is 0 Å². The minimum atomic E-state index is -1.62. The maximum absolute atomic E-state index is 12.4. The van der Waals surface area contributed by atoms with Crippen molar-refractivity contribution >= 4 is 25.2 Å². The molecule has 1 rings (SSSR count). The van der Waals surface area contributed by atoms with Gasteiger partial charge in [0.1, 0.15) is 0 Å². The number of carbonyl (C=O) groups is 2. The van der Waals surface area contributed by atoms with E-state index in [1.807, 2.05) is 12.1 Å². The summed E-state index contributed by atoms with van der Waals surface area (Å²) in [5.74, 6) is -1.18. The van der Waals surface area contributed by atoms with Crippen molar-refractivity contribution in [3.05, 3.63) is 67.3 Å². The Balaban J connectivity index is 2.99. The summed E-state index contributed by atoms with van der Waals surface area (Å²) < 4.78 is 9.82. The van der Waals surface area contributed by atoms with E-state index >= 15 is 0 Å². The van der Waals surface area contributed by atoms with E-state index in [1.165, 1.54) is 19.4 Å². The Morgan fingerprint density at radius 2 is 1.56 bits per heavy atom. The van der Waals surface area contributed by atoms with Crippen molar-refractivity contribution in [2.75, 3.05) is 14.2 Å². The highest BCUT2D eigenvalue weighted by Crippen LogP contribution is 2.32. The van der Waals surface area contributed by atoms with Crippen LogP contribution in [0.1, 0.15) is 12.8 Å². The molecular formula is C22H30O4Si. The number of esters is 2. The molecule has 0 saturated heterocycles. The maximum atomic E-state index is 12.4. The van der Waals surface area contributed by atoms with Gasteiger partial charge in [-0.3, -0.25) is 9.59 Å². The minimum absolute atomic E-state index is 0.197. The van der Waals surface area contributed by atoms with Gasteiger partial charge in [-0.05, 0) is 18.9 Å². The Hall–Kier alpha value is -2.40. The number of hydrogen-bond donors (Lipinski definition) is 0. The molecule has 0 bridgehead atoms. The number of benzene rings is 1. The molecular weight excluding hydrogens is 356 g/mol. The summed E-state index contributed by atoms with van der Waals surface area (Å²) in [7, 11) is 0.944. The zero-order valence-electron chi connectivity index (χ0n) is 16.7. The molecule has 5 heteroatoms. The fraction of sp³-hybridized carbons (Fsp3) is 0.364. The molecule has 1 aromatic rings. The quantitative estimate of drug-likeness (QED) is 0.200. The summed E-state index contributed by atoms with van der Waals surface area (Å²) in [6.07, 6.45) is 9.43. The molecule has 0 amide bonds. The molecule has 146 valence electrons. The second-order valence-corrected chi connectivity index (χ2v) is 11.8. The third-order valence-corrected chi connectivity index (χ3v) is 7.86. The first kappa shape index (κ1) is 22.6. The highest BCUT2D eigenvalue weighted by atomic mass is 28.3. The van der Waals surface area contributed by atoms with Gasteiger partial charge in [0.25, 0.3) is 0 Å². The van der Waals surface area contributed by atoms with Crippen LogP contribution in [-0.2, 0) is 19.1 Å². The first-order valence-electron chi connectivity index (χ1n) is 8.99. The number of carbonyl (C=O) groups excluding carboxylic acids is 2. The lowest BCUT2D eigenvalue weighted by molar-refractivity contribution is -0.168. The van der Waals surface area contributed by atoms with Crippen molar-refractivity contribution in [1.29, 1.82) is 0 Å². The first-order valence-corrected chi connectivity index (χ1v) is 12.2. The normalized spacial score (nSPS) is 12.3. The summed E-state index contributed by atoms with van der Waals surface area (Å²) in [4.78, 5) is 24.9. The van der Waals surface area contributed by atoms with Crippen LogP contribution >= 0.6 is 0 Å². The SMILES string of the molecule is C=C/C=C/CC(C/C=C/C[Si](C)(C)c1ccccc1)(C(=O)OC)C(=O)OC. The van der Waals surface area contributed by atoms with E-state index in [9.17, 15) is 9.59 Å². The van der Waals surface area contributed by atoms with Gasteiger partial charge in [-0.15, -0.1) is 0 Å². The largest absolute Gasteiger partial charge is 0.468 e. The van der Waals surface area contributed by atoms with Crippen LogP contribution in [0.2, 0.25) is 19.1 Å². The number of ether oxygens (including phenoxy) is 2. The van der Waals surface area contributed by atoms with Crippen molar-refractivity contribution in [2.45, 2.75) is 32.0 Å². The number of rotatable bonds is 10. The molecule has 0 aliphatic heterocycles. The van der Waals surface area contributed by atoms with Gasteiger partial charge in [0.05, 0.1) is 22.3 Å². The molecule has 4 nitrogen and oxygen atoms in total. The monoisotopic (exact) mass is 386 g/mol. The highest BCUT2D eigenvalue weighted by molar-refractivity contribution is 6.90. The molecule has 0 heterocycles. The van der Waals surface area contributed by atoms with E-state index < -0.39 is 25.4 Å². The molecule has 27 heavy (non-hydrogen) atoms. The van der Waals surface area contributed by atoms with Crippen LogP contribution < -0.4 is 5.19 Å². The Morgan fingerprint density at radius 3 is 2.07 bits per heavy atom. The predicted molar refractivity (Wildman–Crippen MR) is 113 cm³/mol. The van der Waals surface area contributed by atoms with E-state index in [-0.39, 0.29) is 12.8 Å². The standard InChI is InChI=1S/C22H30O4Si/c1-6-7-11-16-22(20(23)25-2,21(24)26-3)17-12-13-18-27(4,5)19-14-9-8-10-15-19/h6-15H,1,16-18H2,2-5H3/b11-7+,13-12+.